The molecule has 1 aliphatic rings. The Morgan fingerprint density at radius 1 is 0.861 bits per heavy atom. The number of hydrogen-bond acceptors (Lipinski definition) is 5. The smallest absolute Gasteiger partial charge is 0.258 e. The molecule has 0 aliphatic carbocycles. The highest BCUT2D eigenvalue weighted by molar-refractivity contribution is 6.39. The van der Waals surface area contributed by atoms with Crippen LogP contribution in [0.2, 0.25) is 10.0 Å². The molecule has 5 rings (SSSR count). The predicted molar refractivity (Wildman–Crippen MR) is 139 cm³/mol. The summed E-state index contributed by atoms with van der Waals surface area (Å²) in [5, 5.41) is 0.784. The Bertz CT molecular complexity index is 1550. The van der Waals surface area contributed by atoms with Gasteiger partial charge in [0, 0.05) is 27.8 Å². The van der Waals surface area contributed by atoms with Gasteiger partial charge >= 0.3 is 0 Å². The lowest BCUT2D eigenvalue weighted by Crippen LogP contribution is -2.23. The molecule has 0 bridgehead atoms. The molecule has 178 valence electrons. The maximum absolute atomic E-state index is 13.1. The van der Waals surface area contributed by atoms with Crippen molar-refractivity contribution in [1.82, 2.24) is 4.98 Å². The van der Waals surface area contributed by atoms with Crippen molar-refractivity contribution in [3.63, 3.8) is 0 Å². The zero-order chi connectivity index (χ0) is 25.4. The highest BCUT2D eigenvalue weighted by atomic mass is 35.5. The molecule has 0 saturated heterocycles. The average Bonchev–Trinajstić information content (AvgIpc) is 3.24. The molecule has 0 N–H and O–H groups in total. The summed E-state index contributed by atoms with van der Waals surface area (Å²) >= 11 is 13.7. The van der Waals surface area contributed by atoms with Gasteiger partial charge in [0.05, 0.1) is 40.6 Å². The van der Waals surface area contributed by atoms with E-state index in [4.69, 9.17) is 27.9 Å². The minimum atomic E-state index is -0.187. The van der Waals surface area contributed by atoms with Crippen LogP contribution < -0.4 is 9.64 Å². The second-order valence-corrected chi connectivity index (χ2v) is 8.90. The van der Waals surface area contributed by atoms with Crippen LogP contribution in [-0.2, 0) is 6.54 Å². The molecule has 0 spiro atoms. The van der Waals surface area contributed by atoms with Crippen LogP contribution in [0, 0.1) is 0 Å². The van der Waals surface area contributed by atoms with Gasteiger partial charge in [-0.05, 0) is 35.9 Å². The minimum Gasteiger partial charge on any atom is -0.480 e. The lowest BCUT2D eigenvalue weighted by atomic mass is 10.00. The molecule has 0 radical (unpaired) electrons. The first-order valence-electron chi connectivity index (χ1n) is 10.9. The zero-order valence-corrected chi connectivity index (χ0v) is 20.5. The summed E-state index contributed by atoms with van der Waals surface area (Å²) < 4.78 is 5.23. The fraction of sp³-hybridized carbons (Fsp3) is 0.0714. The molecule has 0 atom stereocenters. The maximum atomic E-state index is 13.1. The third-order valence-electron chi connectivity index (χ3n) is 6.11. The molecular formula is C28H18Cl2N2O4. The molecule has 8 heteroatoms. The SMILES string of the molecule is COc1nc(-c2cccc(-c3cccc(N4Cc5cc(C=O)ccc5C4=O)c3Cl)c2Cl)ccc1C=O. The number of aldehydes is 2. The van der Waals surface area contributed by atoms with Gasteiger partial charge < -0.3 is 9.64 Å². The number of fused-ring (bicyclic) bond motifs is 1. The quantitative estimate of drug-likeness (QED) is 0.273. The van der Waals surface area contributed by atoms with E-state index in [0.29, 0.717) is 67.6 Å². The first kappa shape index (κ1) is 23.7. The number of ether oxygens (including phenoxy) is 1. The third kappa shape index (κ3) is 3.94. The molecule has 1 amide bonds. The highest BCUT2D eigenvalue weighted by Gasteiger charge is 2.30. The summed E-state index contributed by atoms with van der Waals surface area (Å²) in [4.78, 5) is 41.6. The number of halogens is 2. The normalized spacial score (nSPS) is 12.4. The number of carbonyl (C=O) groups excluding carboxylic acids is 3. The van der Waals surface area contributed by atoms with E-state index in [0.717, 1.165) is 11.8 Å². The van der Waals surface area contributed by atoms with Gasteiger partial charge in [-0.2, -0.15) is 0 Å². The number of nitrogens with zero attached hydrogens (tertiary/aromatic N) is 2. The third-order valence-corrected chi connectivity index (χ3v) is 6.92. The number of methoxy groups -OCH3 is 1. The van der Waals surface area contributed by atoms with Gasteiger partial charge in [-0.1, -0.05) is 59.6 Å². The Kier molecular flexibility index (Phi) is 6.31. The molecule has 36 heavy (non-hydrogen) atoms. The number of rotatable bonds is 6. The molecule has 4 aromatic rings. The number of pyridine rings is 1. The van der Waals surface area contributed by atoms with Gasteiger partial charge in [-0.3, -0.25) is 14.4 Å². The fourth-order valence-corrected chi connectivity index (χ4v) is 4.99. The van der Waals surface area contributed by atoms with Crippen LogP contribution >= 0.6 is 23.2 Å². The molecule has 1 aliphatic heterocycles. The molecule has 1 aromatic heterocycles. The van der Waals surface area contributed by atoms with Crippen molar-refractivity contribution in [3.05, 3.63) is 99.0 Å². The van der Waals surface area contributed by atoms with E-state index in [-0.39, 0.29) is 11.8 Å². The monoisotopic (exact) mass is 516 g/mol. The standard InChI is InChI=1S/C28H18Cl2N2O4/c1-36-27-17(15-34)9-11-23(31-27)22-6-2-4-20(25(22)29)21-5-3-7-24(26(21)30)32-13-18-12-16(14-33)8-10-19(18)28(32)35/h2-12,14-15H,13H2,1H3. The number of hydrogen-bond donors (Lipinski definition) is 0. The van der Waals surface area contributed by atoms with E-state index >= 15 is 0 Å². The van der Waals surface area contributed by atoms with Crippen molar-refractivity contribution < 1.29 is 19.1 Å². The van der Waals surface area contributed by atoms with E-state index in [9.17, 15) is 14.4 Å². The summed E-state index contributed by atoms with van der Waals surface area (Å²) in [6.07, 6.45) is 1.43. The first-order chi connectivity index (χ1) is 17.5. The largest absolute Gasteiger partial charge is 0.480 e. The Morgan fingerprint density at radius 2 is 1.58 bits per heavy atom. The van der Waals surface area contributed by atoms with Gasteiger partial charge in [0.15, 0.2) is 6.29 Å². The van der Waals surface area contributed by atoms with Gasteiger partial charge in [-0.25, -0.2) is 4.98 Å². The molecule has 0 fully saturated rings. The van der Waals surface area contributed by atoms with Crippen LogP contribution in [0.25, 0.3) is 22.4 Å². The first-order valence-corrected chi connectivity index (χ1v) is 11.7. The van der Waals surface area contributed by atoms with Crippen molar-refractivity contribution in [2.75, 3.05) is 12.0 Å². The van der Waals surface area contributed by atoms with Gasteiger partial charge in [-0.15, -0.1) is 0 Å². The van der Waals surface area contributed by atoms with Crippen LogP contribution in [-0.4, -0.2) is 30.6 Å². The van der Waals surface area contributed by atoms with Gasteiger partial charge in [0.2, 0.25) is 5.88 Å². The lowest BCUT2D eigenvalue weighted by Gasteiger charge is -2.20. The van der Waals surface area contributed by atoms with Crippen LogP contribution in [0.4, 0.5) is 5.69 Å². The van der Waals surface area contributed by atoms with Crippen molar-refractivity contribution >= 4 is 47.4 Å². The summed E-state index contributed by atoms with van der Waals surface area (Å²) in [7, 11) is 1.44. The fourth-order valence-electron chi connectivity index (χ4n) is 4.34. The van der Waals surface area contributed by atoms with Crippen LogP contribution in [0.5, 0.6) is 5.88 Å². The van der Waals surface area contributed by atoms with Crippen LogP contribution in [0.15, 0.2) is 66.7 Å². The van der Waals surface area contributed by atoms with E-state index in [2.05, 4.69) is 4.98 Å². The Morgan fingerprint density at radius 3 is 2.31 bits per heavy atom. The van der Waals surface area contributed by atoms with E-state index in [1.54, 1.807) is 41.3 Å². The number of amides is 1. The molecule has 6 nitrogen and oxygen atoms in total. The van der Waals surface area contributed by atoms with Gasteiger partial charge in [0.25, 0.3) is 5.91 Å². The van der Waals surface area contributed by atoms with Crippen molar-refractivity contribution in [2.24, 2.45) is 0 Å². The van der Waals surface area contributed by atoms with E-state index in [1.165, 1.54) is 7.11 Å². The van der Waals surface area contributed by atoms with Crippen molar-refractivity contribution in [2.45, 2.75) is 6.54 Å². The lowest BCUT2D eigenvalue weighted by molar-refractivity contribution is 0.0995. The number of carbonyl (C=O) groups is 3. The zero-order valence-electron chi connectivity index (χ0n) is 19.0. The summed E-state index contributed by atoms with van der Waals surface area (Å²) in [5.74, 6) is 0.0155. The van der Waals surface area contributed by atoms with Crippen LogP contribution in [0.1, 0.15) is 36.6 Å². The Labute approximate surface area is 217 Å². The van der Waals surface area contributed by atoms with Gasteiger partial charge in [0.1, 0.15) is 6.29 Å². The average molecular weight is 517 g/mol. The molecule has 0 saturated carbocycles. The van der Waals surface area contributed by atoms with Crippen LogP contribution in [0.3, 0.4) is 0 Å². The Hall–Kier alpha value is -4.00. The number of benzene rings is 3. The second kappa shape index (κ2) is 9.57. The number of anilines is 1. The summed E-state index contributed by atoms with van der Waals surface area (Å²) in [6.45, 7) is 0.305. The van der Waals surface area contributed by atoms with E-state index in [1.807, 2.05) is 30.3 Å². The Balaban J connectivity index is 1.56. The summed E-state index contributed by atoms with van der Waals surface area (Å²) in [5.41, 5.74) is 5.18. The second-order valence-electron chi connectivity index (χ2n) is 8.14. The molecule has 3 aromatic carbocycles. The van der Waals surface area contributed by atoms with Crippen molar-refractivity contribution in [1.29, 1.82) is 0 Å². The summed E-state index contributed by atoms with van der Waals surface area (Å²) in [6, 6.07) is 19.2. The highest BCUT2D eigenvalue weighted by Crippen LogP contribution is 2.43. The molecular weight excluding hydrogens is 499 g/mol. The van der Waals surface area contributed by atoms with Crippen molar-refractivity contribution in [3.8, 4) is 28.3 Å². The minimum absolute atomic E-state index is 0.187. The predicted octanol–water partition coefficient (Wildman–Crippen LogP) is 6.52. The van der Waals surface area contributed by atoms with E-state index < -0.39 is 0 Å². The molecule has 0 unspecified atom stereocenters. The topological polar surface area (TPSA) is 76.6 Å². The maximum Gasteiger partial charge on any atom is 0.258 e. The number of aromatic nitrogens is 1. The molecule has 2 heterocycles.